The second kappa shape index (κ2) is 13.4. The van der Waals surface area contributed by atoms with E-state index in [-0.39, 0.29) is 23.7 Å². The monoisotopic (exact) mass is 545 g/mol. The van der Waals surface area contributed by atoms with Gasteiger partial charge in [-0.05, 0) is 100 Å². The van der Waals surface area contributed by atoms with Crippen LogP contribution < -0.4 is 10.6 Å². The summed E-state index contributed by atoms with van der Waals surface area (Å²) in [5, 5.41) is 6.18. The van der Waals surface area contributed by atoms with Crippen LogP contribution in [0.4, 0.5) is 11.6 Å². The van der Waals surface area contributed by atoms with Gasteiger partial charge in [0.25, 0.3) is 5.91 Å². The zero-order valence-corrected chi connectivity index (χ0v) is 25.2. The molecule has 3 aromatic rings. The molecule has 1 aliphatic rings. The third-order valence-electron chi connectivity index (χ3n) is 8.21. The van der Waals surface area contributed by atoms with Crippen LogP contribution in [-0.4, -0.2) is 53.3 Å². The molecule has 40 heavy (non-hydrogen) atoms. The van der Waals surface area contributed by atoms with E-state index in [9.17, 15) is 9.59 Å². The largest absolute Gasteiger partial charge is 0.355 e. The highest BCUT2D eigenvalue weighted by atomic mass is 16.1. The molecule has 0 atom stereocenters. The number of imidazole rings is 1. The van der Waals surface area contributed by atoms with Gasteiger partial charge in [0.05, 0.1) is 11.0 Å². The van der Waals surface area contributed by atoms with Crippen molar-refractivity contribution in [1.29, 1.82) is 0 Å². The third-order valence-corrected chi connectivity index (χ3v) is 8.21. The van der Waals surface area contributed by atoms with Crippen molar-refractivity contribution in [3.8, 4) is 0 Å². The molecule has 0 aliphatic carbocycles. The van der Waals surface area contributed by atoms with Gasteiger partial charge in [-0.25, -0.2) is 4.98 Å². The highest BCUT2D eigenvalue weighted by Crippen LogP contribution is 2.34. The average Bonchev–Trinajstić information content (AvgIpc) is 3.29. The van der Waals surface area contributed by atoms with Crippen molar-refractivity contribution in [2.75, 3.05) is 32.5 Å². The first-order chi connectivity index (χ1) is 19.2. The number of carbonyl (C=O) groups is 2. The lowest BCUT2D eigenvalue weighted by atomic mass is 9.85. The standard InChI is InChI=1S/C33H47N5O2/c1-22(2)7-9-24(10-8-23(3)4)31(39)26-13-16-29-30(21-26)38(28-17-19-37(6)20-18-28)33(36-29)35-27-14-11-25(12-15-27)32(40)34-5/h11-16,21-24,28H,7-10,17-20H2,1-6H3,(H,34,40)(H,35,36). The van der Waals surface area contributed by atoms with E-state index >= 15 is 0 Å². The minimum Gasteiger partial charge on any atom is -0.355 e. The third kappa shape index (κ3) is 7.30. The molecule has 1 fully saturated rings. The molecule has 2 heterocycles. The van der Waals surface area contributed by atoms with Crippen molar-refractivity contribution in [2.24, 2.45) is 17.8 Å². The number of hydrogen-bond donors (Lipinski definition) is 2. The van der Waals surface area contributed by atoms with Crippen LogP contribution in [0.5, 0.6) is 0 Å². The fourth-order valence-electron chi connectivity index (χ4n) is 5.65. The number of amides is 1. The Hall–Kier alpha value is -3.19. The quantitative estimate of drug-likeness (QED) is 0.238. The molecule has 1 aromatic heterocycles. The van der Waals surface area contributed by atoms with Gasteiger partial charge in [0.15, 0.2) is 5.78 Å². The van der Waals surface area contributed by atoms with E-state index in [1.807, 2.05) is 36.4 Å². The molecule has 1 saturated heterocycles. The molecule has 2 aromatic carbocycles. The van der Waals surface area contributed by atoms with Crippen LogP contribution in [0.1, 0.15) is 93.0 Å². The summed E-state index contributed by atoms with van der Waals surface area (Å²) in [6, 6.07) is 13.8. The van der Waals surface area contributed by atoms with Gasteiger partial charge in [-0.1, -0.05) is 40.5 Å². The smallest absolute Gasteiger partial charge is 0.251 e. The second-order valence-electron chi connectivity index (χ2n) is 12.3. The van der Waals surface area contributed by atoms with Gasteiger partial charge in [0, 0.05) is 35.8 Å². The van der Waals surface area contributed by atoms with Crippen LogP contribution in [0.15, 0.2) is 42.5 Å². The number of likely N-dealkylation sites (tertiary alicyclic amines) is 1. The van der Waals surface area contributed by atoms with Crippen molar-refractivity contribution < 1.29 is 9.59 Å². The zero-order valence-electron chi connectivity index (χ0n) is 25.2. The highest BCUT2D eigenvalue weighted by molar-refractivity contribution is 6.00. The van der Waals surface area contributed by atoms with Crippen LogP contribution in [-0.2, 0) is 0 Å². The van der Waals surface area contributed by atoms with Crippen LogP contribution in [0.25, 0.3) is 11.0 Å². The Balaban J connectivity index is 1.69. The molecule has 0 spiro atoms. The van der Waals surface area contributed by atoms with Gasteiger partial charge in [-0.15, -0.1) is 0 Å². The Labute approximate surface area is 239 Å². The highest BCUT2D eigenvalue weighted by Gasteiger charge is 2.26. The Morgan fingerprint density at radius 2 is 1.50 bits per heavy atom. The maximum atomic E-state index is 13.9. The normalized spacial score (nSPS) is 14.9. The number of ketones is 1. The molecular formula is C33H47N5O2. The van der Waals surface area contributed by atoms with Gasteiger partial charge >= 0.3 is 0 Å². The van der Waals surface area contributed by atoms with Gasteiger partial charge < -0.3 is 20.1 Å². The summed E-state index contributed by atoms with van der Waals surface area (Å²) in [4.78, 5) is 33.2. The molecular weight excluding hydrogens is 498 g/mol. The molecule has 0 saturated carbocycles. The number of rotatable bonds is 12. The van der Waals surface area contributed by atoms with Crippen molar-refractivity contribution in [1.82, 2.24) is 19.8 Å². The minimum atomic E-state index is -0.109. The SMILES string of the molecule is CNC(=O)c1ccc(Nc2nc3ccc(C(=O)C(CCC(C)C)CCC(C)C)cc3n2C2CCN(C)CC2)cc1. The second-order valence-corrected chi connectivity index (χ2v) is 12.3. The van der Waals surface area contributed by atoms with Crippen LogP contribution in [0.2, 0.25) is 0 Å². The number of nitrogens with zero attached hydrogens (tertiary/aromatic N) is 3. The van der Waals surface area contributed by atoms with E-state index in [2.05, 4.69) is 60.9 Å². The number of hydrogen-bond acceptors (Lipinski definition) is 5. The number of benzene rings is 2. The fraction of sp³-hybridized carbons (Fsp3) is 0.545. The molecule has 1 amide bonds. The van der Waals surface area contributed by atoms with Crippen LogP contribution in [0.3, 0.4) is 0 Å². The average molecular weight is 546 g/mol. The maximum absolute atomic E-state index is 13.9. The number of nitrogens with one attached hydrogen (secondary N) is 2. The summed E-state index contributed by atoms with van der Waals surface area (Å²) in [5.74, 6) is 2.15. The Morgan fingerprint density at radius 1 is 0.900 bits per heavy atom. The predicted molar refractivity (Wildman–Crippen MR) is 165 cm³/mol. The number of anilines is 2. The lowest BCUT2D eigenvalue weighted by molar-refractivity contribution is 0.0897. The number of Topliss-reactive ketones (excluding diaryl/α,β-unsaturated/α-hetero) is 1. The van der Waals surface area contributed by atoms with Gasteiger partial charge in [0.1, 0.15) is 0 Å². The number of aromatic nitrogens is 2. The number of carbonyl (C=O) groups excluding carboxylic acids is 2. The summed E-state index contributed by atoms with van der Waals surface area (Å²) in [7, 11) is 3.80. The van der Waals surface area contributed by atoms with Gasteiger partial charge in [-0.2, -0.15) is 0 Å². The lowest BCUT2D eigenvalue weighted by Gasteiger charge is -2.31. The van der Waals surface area contributed by atoms with Crippen LogP contribution in [0, 0.1) is 17.8 Å². The van der Waals surface area contributed by atoms with E-state index in [0.29, 0.717) is 17.4 Å². The van der Waals surface area contributed by atoms with E-state index in [4.69, 9.17) is 4.98 Å². The Bertz CT molecular complexity index is 1270. The maximum Gasteiger partial charge on any atom is 0.251 e. The molecule has 2 N–H and O–H groups in total. The molecule has 7 nitrogen and oxygen atoms in total. The Kier molecular flexibility index (Phi) is 10.0. The fourth-order valence-corrected chi connectivity index (χ4v) is 5.65. The predicted octanol–water partition coefficient (Wildman–Crippen LogP) is 7.08. The Morgan fingerprint density at radius 3 is 2.08 bits per heavy atom. The zero-order chi connectivity index (χ0) is 28.8. The summed E-state index contributed by atoms with van der Waals surface area (Å²) in [6.45, 7) is 11.0. The first-order valence-electron chi connectivity index (χ1n) is 15.0. The lowest BCUT2D eigenvalue weighted by Crippen LogP contribution is -2.31. The van der Waals surface area contributed by atoms with E-state index in [1.54, 1.807) is 7.05 Å². The first-order valence-corrected chi connectivity index (χ1v) is 15.0. The number of piperidine rings is 1. The van der Waals surface area contributed by atoms with Crippen molar-refractivity contribution in [2.45, 2.75) is 72.3 Å². The summed E-state index contributed by atoms with van der Waals surface area (Å²) < 4.78 is 2.31. The minimum absolute atomic E-state index is 0.0541. The topological polar surface area (TPSA) is 79.3 Å². The first kappa shape index (κ1) is 29.8. The molecule has 1 aliphatic heterocycles. The van der Waals surface area contributed by atoms with Crippen molar-refractivity contribution in [3.05, 3.63) is 53.6 Å². The molecule has 216 valence electrons. The molecule has 4 rings (SSSR count). The van der Waals surface area contributed by atoms with E-state index in [1.165, 1.54) is 0 Å². The van der Waals surface area contributed by atoms with Crippen molar-refractivity contribution >= 4 is 34.4 Å². The van der Waals surface area contributed by atoms with Gasteiger partial charge in [-0.3, -0.25) is 9.59 Å². The van der Waals surface area contributed by atoms with Crippen molar-refractivity contribution in [3.63, 3.8) is 0 Å². The number of fused-ring (bicyclic) bond motifs is 1. The van der Waals surface area contributed by atoms with E-state index in [0.717, 1.165) is 79.8 Å². The van der Waals surface area contributed by atoms with Gasteiger partial charge in [0.2, 0.25) is 5.95 Å². The van der Waals surface area contributed by atoms with E-state index < -0.39 is 0 Å². The summed E-state index contributed by atoms with van der Waals surface area (Å²) in [5.41, 5.74) is 4.18. The summed E-state index contributed by atoms with van der Waals surface area (Å²) in [6.07, 6.45) is 6.06. The molecule has 0 radical (unpaired) electrons. The molecule has 0 bridgehead atoms. The molecule has 7 heteroatoms. The molecule has 0 unspecified atom stereocenters. The van der Waals surface area contributed by atoms with Crippen LogP contribution >= 0.6 is 0 Å². The summed E-state index contributed by atoms with van der Waals surface area (Å²) >= 11 is 0.